The summed E-state index contributed by atoms with van der Waals surface area (Å²) in [5.74, 6) is 0.948. The number of rotatable bonds is 4. The minimum atomic E-state index is -0.509. The molecule has 8 heteroatoms. The third-order valence-corrected chi connectivity index (χ3v) is 2.82. The molecule has 0 spiro atoms. The number of aromatic nitrogens is 4. The Balaban J connectivity index is 2.25. The summed E-state index contributed by atoms with van der Waals surface area (Å²) in [6, 6.07) is 0. The summed E-state index contributed by atoms with van der Waals surface area (Å²) < 4.78 is 6.59. The normalized spacial score (nSPS) is 10.8. The summed E-state index contributed by atoms with van der Waals surface area (Å²) in [5.41, 5.74) is -0.971. The molecule has 0 saturated heterocycles. The van der Waals surface area contributed by atoms with Crippen LogP contribution in [0.1, 0.15) is 25.1 Å². The number of hydrogen-bond donors (Lipinski definition) is 1. The van der Waals surface area contributed by atoms with Crippen LogP contribution >= 0.6 is 15.9 Å². The van der Waals surface area contributed by atoms with Crippen molar-refractivity contribution in [2.75, 3.05) is 0 Å². The van der Waals surface area contributed by atoms with E-state index in [2.05, 4.69) is 31.1 Å². The van der Waals surface area contributed by atoms with E-state index < -0.39 is 11.2 Å². The Hall–Kier alpha value is -1.70. The van der Waals surface area contributed by atoms with Crippen LogP contribution in [-0.2, 0) is 13.0 Å². The van der Waals surface area contributed by atoms with Gasteiger partial charge in [-0.1, -0.05) is 12.1 Å². The Labute approximate surface area is 110 Å². The smallest absolute Gasteiger partial charge is 0.328 e. The number of nitrogens with one attached hydrogen (secondary N) is 1. The van der Waals surface area contributed by atoms with Crippen molar-refractivity contribution < 1.29 is 4.52 Å². The van der Waals surface area contributed by atoms with E-state index in [9.17, 15) is 9.59 Å². The van der Waals surface area contributed by atoms with Gasteiger partial charge in [-0.05, 0) is 22.4 Å². The molecule has 0 aliphatic carbocycles. The third-order valence-electron chi connectivity index (χ3n) is 2.25. The molecule has 2 aromatic heterocycles. The maximum atomic E-state index is 11.5. The van der Waals surface area contributed by atoms with Crippen molar-refractivity contribution in [3.8, 4) is 0 Å². The van der Waals surface area contributed by atoms with Crippen LogP contribution in [0, 0.1) is 0 Å². The van der Waals surface area contributed by atoms with Crippen LogP contribution in [0.5, 0.6) is 0 Å². The molecule has 0 radical (unpaired) electrons. The van der Waals surface area contributed by atoms with Gasteiger partial charge in [-0.3, -0.25) is 14.3 Å². The molecule has 0 atom stereocenters. The molecule has 0 amide bonds. The van der Waals surface area contributed by atoms with Crippen molar-refractivity contribution in [2.24, 2.45) is 0 Å². The first-order valence-corrected chi connectivity index (χ1v) is 6.20. The second-order valence-electron chi connectivity index (χ2n) is 3.72. The lowest BCUT2D eigenvalue weighted by molar-refractivity contribution is 0.370. The zero-order chi connectivity index (χ0) is 13.1. The van der Waals surface area contributed by atoms with Gasteiger partial charge in [0.15, 0.2) is 5.82 Å². The lowest BCUT2D eigenvalue weighted by atomic mass is 10.3. The number of H-pyrrole nitrogens is 1. The Morgan fingerprint density at radius 3 is 3.00 bits per heavy atom. The summed E-state index contributed by atoms with van der Waals surface area (Å²) >= 11 is 3.06. The maximum absolute atomic E-state index is 11.5. The predicted octanol–water partition coefficient (Wildman–Crippen LogP) is 0.683. The Bertz CT molecular complexity index is 658. The molecule has 96 valence electrons. The first-order valence-electron chi connectivity index (χ1n) is 5.41. The zero-order valence-electron chi connectivity index (χ0n) is 9.64. The van der Waals surface area contributed by atoms with E-state index in [1.807, 2.05) is 6.92 Å². The van der Waals surface area contributed by atoms with Crippen LogP contribution in [0.25, 0.3) is 0 Å². The van der Waals surface area contributed by atoms with Gasteiger partial charge in [-0.2, -0.15) is 4.98 Å². The van der Waals surface area contributed by atoms with Crippen molar-refractivity contribution in [1.82, 2.24) is 19.7 Å². The Morgan fingerprint density at radius 1 is 1.50 bits per heavy atom. The van der Waals surface area contributed by atoms with Crippen molar-refractivity contribution in [3.05, 3.63) is 43.2 Å². The van der Waals surface area contributed by atoms with Gasteiger partial charge < -0.3 is 4.52 Å². The van der Waals surface area contributed by atoms with Crippen LogP contribution < -0.4 is 11.2 Å². The molecular formula is C10H11BrN4O3. The molecule has 0 bridgehead atoms. The summed E-state index contributed by atoms with van der Waals surface area (Å²) in [7, 11) is 0. The number of halogens is 1. The molecule has 0 aliphatic rings. The number of nitrogens with zero attached hydrogens (tertiary/aromatic N) is 3. The van der Waals surface area contributed by atoms with Gasteiger partial charge >= 0.3 is 5.69 Å². The van der Waals surface area contributed by atoms with Crippen LogP contribution in [0.4, 0.5) is 0 Å². The van der Waals surface area contributed by atoms with E-state index in [4.69, 9.17) is 4.52 Å². The zero-order valence-corrected chi connectivity index (χ0v) is 11.2. The topological polar surface area (TPSA) is 93.8 Å². The summed E-state index contributed by atoms with van der Waals surface area (Å²) in [6.07, 6.45) is 3.01. The Morgan fingerprint density at radius 2 is 2.28 bits per heavy atom. The second kappa shape index (κ2) is 5.30. The first kappa shape index (κ1) is 12.7. The summed E-state index contributed by atoms with van der Waals surface area (Å²) in [6.45, 7) is 2.16. The van der Waals surface area contributed by atoms with E-state index in [0.717, 1.165) is 6.42 Å². The fraction of sp³-hybridized carbons (Fsp3) is 0.400. The molecule has 0 unspecified atom stereocenters. The van der Waals surface area contributed by atoms with E-state index in [0.29, 0.717) is 18.1 Å². The molecule has 18 heavy (non-hydrogen) atoms. The predicted molar refractivity (Wildman–Crippen MR) is 66.4 cm³/mol. The van der Waals surface area contributed by atoms with E-state index >= 15 is 0 Å². The van der Waals surface area contributed by atoms with Gasteiger partial charge in [0.1, 0.15) is 0 Å². The first-order chi connectivity index (χ1) is 8.60. The minimum absolute atomic E-state index is 0.154. The van der Waals surface area contributed by atoms with Gasteiger partial charge in [0.05, 0.1) is 11.0 Å². The lowest BCUT2D eigenvalue weighted by Crippen LogP contribution is -2.30. The average molecular weight is 315 g/mol. The highest BCUT2D eigenvalue weighted by atomic mass is 79.9. The van der Waals surface area contributed by atoms with E-state index in [1.165, 1.54) is 10.8 Å². The molecule has 0 saturated carbocycles. The van der Waals surface area contributed by atoms with Crippen LogP contribution in [0.3, 0.4) is 0 Å². The quantitative estimate of drug-likeness (QED) is 0.895. The second-order valence-corrected chi connectivity index (χ2v) is 4.57. The van der Waals surface area contributed by atoms with E-state index in [1.54, 1.807) is 0 Å². The molecule has 7 nitrogen and oxygen atoms in total. The molecule has 2 aromatic rings. The van der Waals surface area contributed by atoms with Gasteiger partial charge in [-0.15, -0.1) is 0 Å². The monoisotopic (exact) mass is 314 g/mol. The lowest BCUT2D eigenvalue weighted by Gasteiger charge is -2.00. The molecule has 0 aromatic carbocycles. The minimum Gasteiger partial charge on any atom is -0.339 e. The standard InChI is InChI=1S/C10H11BrN4O3/c1-2-3-8-12-7(14-18-8)5-15-4-6(11)9(16)13-10(15)17/h4H,2-3,5H2,1H3,(H,13,16,17). The third kappa shape index (κ3) is 2.76. The number of aryl methyl sites for hydroxylation is 1. The fourth-order valence-electron chi connectivity index (χ4n) is 1.42. The molecule has 0 fully saturated rings. The van der Waals surface area contributed by atoms with Crippen molar-refractivity contribution in [2.45, 2.75) is 26.3 Å². The molecule has 2 heterocycles. The fourth-order valence-corrected chi connectivity index (χ4v) is 1.77. The highest BCUT2D eigenvalue weighted by Gasteiger charge is 2.08. The molecule has 0 aliphatic heterocycles. The molecular weight excluding hydrogens is 304 g/mol. The van der Waals surface area contributed by atoms with Crippen LogP contribution in [0.2, 0.25) is 0 Å². The van der Waals surface area contributed by atoms with Crippen molar-refractivity contribution >= 4 is 15.9 Å². The summed E-state index contributed by atoms with van der Waals surface area (Å²) in [4.78, 5) is 29.0. The van der Waals surface area contributed by atoms with Gasteiger partial charge in [-0.25, -0.2) is 4.79 Å². The number of aromatic amines is 1. The largest absolute Gasteiger partial charge is 0.339 e. The van der Waals surface area contributed by atoms with Gasteiger partial charge in [0, 0.05) is 12.6 Å². The number of hydrogen-bond acceptors (Lipinski definition) is 5. The molecule has 1 N–H and O–H groups in total. The Kier molecular flexibility index (Phi) is 3.75. The highest BCUT2D eigenvalue weighted by molar-refractivity contribution is 9.10. The van der Waals surface area contributed by atoms with E-state index in [-0.39, 0.29) is 11.0 Å². The van der Waals surface area contributed by atoms with Gasteiger partial charge in [0.2, 0.25) is 5.89 Å². The average Bonchev–Trinajstić information content (AvgIpc) is 2.74. The maximum Gasteiger partial charge on any atom is 0.328 e. The van der Waals surface area contributed by atoms with Crippen molar-refractivity contribution in [3.63, 3.8) is 0 Å². The van der Waals surface area contributed by atoms with Gasteiger partial charge in [0.25, 0.3) is 5.56 Å². The summed E-state index contributed by atoms with van der Waals surface area (Å²) in [5, 5.41) is 3.77. The SMILES string of the molecule is CCCc1nc(Cn2cc(Br)c(=O)[nH]c2=O)no1. The van der Waals surface area contributed by atoms with Crippen LogP contribution in [-0.4, -0.2) is 19.7 Å². The molecule has 2 rings (SSSR count). The van der Waals surface area contributed by atoms with Crippen LogP contribution in [0.15, 0.2) is 24.8 Å². The highest BCUT2D eigenvalue weighted by Crippen LogP contribution is 2.03. The van der Waals surface area contributed by atoms with Crippen molar-refractivity contribution in [1.29, 1.82) is 0 Å².